The second kappa shape index (κ2) is 10.8. The van der Waals surface area contributed by atoms with Crippen LogP contribution < -0.4 is 10.6 Å². The number of unbranched alkanes of at least 4 members (excludes halogenated alkanes) is 1. The van der Waals surface area contributed by atoms with E-state index in [-0.39, 0.29) is 23.3 Å². The maximum absolute atomic E-state index is 12.2. The van der Waals surface area contributed by atoms with Crippen molar-refractivity contribution in [3.05, 3.63) is 28.5 Å². The van der Waals surface area contributed by atoms with Crippen LogP contribution in [0.5, 0.6) is 0 Å². The highest BCUT2D eigenvalue weighted by Gasteiger charge is 2.34. The fourth-order valence-electron chi connectivity index (χ4n) is 2.47. The number of hydrogen-bond donors (Lipinski definition) is 2. The molecule has 0 saturated carbocycles. The lowest BCUT2D eigenvalue weighted by Gasteiger charge is -2.36. The van der Waals surface area contributed by atoms with Crippen molar-refractivity contribution in [2.24, 2.45) is 0 Å². The third-order valence-corrected chi connectivity index (χ3v) is 5.06. The van der Waals surface area contributed by atoms with Gasteiger partial charge in [0.15, 0.2) is 5.11 Å². The number of nitrogens with zero attached hydrogens (tertiary/aromatic N) is 1. The van der Waals surface area contributed by atoms with Gasteiger partial charge in [-0.15, -0.1) is 11.3 Å². The van der Waals surface area contributed by atoms with Crippen molar-refractivity contribution < 1.29 is 19.1 Å². The monoisotopic (exact) mass is 409 g/mol. The molecule has 7 nitrogen and oxygen atoms in total. The van der Waals surface area contributed by atoms with E-state index in [1.807, 2.05) is 24.4 Å². The van der Waals surface area contributed by atoms with Gasteiger partial charge in [-0.2, -0.15) is 0 Å². The van der Waals surface area contributed by atoms with E-state index in [0.29, 0.717) is 19.7 Å². The van der Waals surface area contributed by atoms with Gasteiger partial charge in [-0.3, -0.25) is 19.7 Å². The number of carbonyl (C=O) groups is 3. The smallest absolute Gasteiger partial charge is 0.308 e. The maximum Gasteiger partial charge on any atom is 0.308 e. The molecule has 1 aliphatic heterocycles. The average Bonchev–Trinajstić information content (AvgIpc) is 3.15. The van der Waals surface area contributed by atoms with Crippen molar-refractivity contribution in [1.82, 2.24) is 15.5 Å². The summed E-state index contributed by atoms with van der Waals surface area (Å²) in [6.45, 7) is 3.13. The minimum atomic E-state index is -0.790. The van der Waals surface area contributed by atoms with Crippen molar-refractivity contribution in [3.63, 3.8) is 0 Å². The molecule has 0 aromatic carbocycles. The molecule has 1 aromatic rings. The largest absolute Gasteiger partial charge is 0.466 e. The number of piperazine rings is 1. The highest BCUT2D eigenvalue weighted by atomic mass is 32.1. The number of carbonyl (C=O) groups excluding carboxylic acids is 3. The number of thiocarbonyl (C=S) groups is 1. The van der Waals surface area contributed by atoms with E-state index in [4.69, 9.17) is 17.0 Å². The summed E-state index contributed by atoms with van der Waals surface area (Å²) in [5.41, 5.74) is 0. The molecule has 1 atom stereocenters. The summed E-state index contributed by atoms with van der Waals surface area (Å²) in [6, 6.07) is 2.99. The third-order valence-electron chi connectivity index (χ3n) is 3.88. The Bertz CT molecular complexity index is 703. The second-order valence-electron chi connectivity index (χ2n) is 5.92. The molecule has 2 heterocycles. The highest BCUT2D eigenvalue weighted by Crippen LogP contribution is 2.12. The Morgan fingerprint density at radius 3 is 3.04 bits per heavy atom. The number of rotatable bonds is 7. The molecule has 0 aliphatic carbocycles. The minimum absolute atomic E-state index is 0.114. The van der Waals surface area contributed by atoms with Gasteiger partial charge in [0.1, 0.15) is 6.04 Å². The summed E-state index contributed by atoms with van der Waals surface area (Å²) >= 11 is 6.80. The lowest BCUT2D eigenvalue weighted by Crippen LogP contribution is -2.60. The van der Waals surface area contributed by atoms with Crippen molar-refractivity contribution in [2.75, 3.05) is 19.7 Å². The number of hydrogen-bond acceptors (Lipinski definition) is 6. The lowest BCUT2D eigenvalue weighted by atomic mass is 10.1. The molecule has 1 fully saturated rings. The van der Waals surface area contributed by atoms with Crippen LogP contribution in [0.4, 0.5) is 0 Å². The number of ether oxygens (including phenoxy) is 1. The predicted octanol–water partition coefficient (Wildman–Crippen LogP) is 1.70. The molecule has 27 heavy (non-hydrogen) atoms. The SMILES string of the molecule is CCCCOC(=O)CC1C(=O)NCCN1C(=S)NC(=O)C=Cc1cccs1. The van der Waals surface area contributed by atoms with Crippen molar-refractivity contribution in [1.29, 1.82) is 0 Å². The third kappa shape index (κ3) is 6.76. The predicted molar refractivity (Wildman–Crippen MR) is 108 cm³/mol. The quantitative estimate of drug-likeness (QED) is 0.308. The van der Waals surface area contributed by atoms with Gasteiger partial charge >= 0.3 is 5.97 Å². The number of amides is 2. The summed E-state index contributed by atoms with van der Waals surface area (Å²) < 4.78 is 5.14. The Hall–Kier alpha value is -2.26. The average molecular weight is 410 g/mol. The first-order valence-electron chi connectivity index (χ1n) is 8.77. The zero-order valence-electron chi connectivity index (χ0n) is 15.1. The maximum atomic E-state index is 12.2. The van der Waals surface area contributed by atoms with Crippen LogP contribution in [0.2, 0.25) is 0 Å². The number of esters is 1. The van der Waals surface area contributed by atoms with Gasteiger partial charge in [0.05, 0.1) is 13.0 Å². The van der Waals surface area contributed by atoms with Gasteiger partial charge in [0.25, 0.3) is 0 Å². The summed E-state index contributed by atoms with van der Waals surface area (Å²) in [5.74, 6) is -1.15. The van der Waals surface area contributed by atoms with E-state index < -0.39 is 12.0 Å². The molecular weight excluding hydrogens is 386 g/mol. The van der Waals surface area contributed by atoms with Crippen LogP contribution in [0.25, 0.3) is 6.08 Å². The topological polar surface area (TPSA) is 87.7 Å². The molecule has 2 amide bonds. The van der Waals surface area contributed by atoms with Gasteiger partial charge in [-0.1, -0.05) is 19.4 Å². The Kier molecular flexibility index (Phi) is 8.41. The van der Waals surface area contributed by atoms with Crippen molar-refractivity contribution in [3.8, 4) is 0 Å². The van der Waals surface area contributed by atoms with Gasteiger partial charge in [0, 0.05) is 24.0 Å². The van der Waals surface area contributed by atoms with E-state index >= 15 is 0 Å². The molecule has 1 saturated heterocycles. The number of nitrogens with one attached hydrogen (secondary N) is 2. The van der Waals surface area contributed by atoms with Crippen LogP contribution in [-0.4, -0.2) is 53.5 Å². The normalized spacial score (nSPS) is 16.9. The molecule has 0 spiro atoms. The number of thiophene rings is 1. The Balaban J connectivity index is 1.93. The van der Waals surface area contributed by atoms with E-state index in [1.165, 1.54) is 17.4 Å². The molecule has 1 aliphatic rings. The van der Waals surface area contributed by atoms with Gasteiger partial charge in [-0.05, 0) is 36.2 Å². The van der Waals surface area contributed by atoms with Gasteiger partial charge in [0.2, 0.25) is 11.8 Å². The van der Waals surface area contributed by atoms with Crippen LogP contribution in [-0.2, 0) is 19.1 Å². The summed E-state index contributed by atoms with van der Waals surface area (Å²) in [6.07, 6.45) is 4.65. The Labute approximate surface area is 167 Å². The zero-order chi connectivity index (χ0) is 19.6. The minimum Gasteiger partial charge on any atom is -0.466 e. The van der Waals surface area contributed by atoms with Crippen molar-refractivity contribution in [2.45, 2.75) is 32.2 Å². The summed E-state index contributed by atoms with van der Waals surface area (Å²) in [7, 11) is 0. The highest BCUT2D eigenvalue weighted by molar-refractivity contribution is 7.80. The van der Waals surface area contributed by atoms with Crippen LogP contribution in [0.1, 0.15) is 31.1 Å². The van der Waals surface area contributed by atoms with Gasteiger partial charge in [-0.25, -0.2) is 0 Å². The molecule has 2 rings (SSSR count). The molecule has 2 N–H and O–H groups in total. The molecule has 0 bridgehead atoms. The zero-order valence-corrected chi connectivity index (χ0v) is 16.7. The Morgan fingerprint density at radius 1 is 1.52 bits per heavy atom. The molecule has 146 valence electrons. The van der Waals surface area contributed by atoms with Crippen LogP contribution >= 0.6 is 23.6 Å². The summed E-state index contributed by atoms with van der Waals surface area (Å²) in [4.78, 5) is 38.8. The van der Waals surface area contributed by atoms with E-state index in [9.17, 15) is 14.4 Å². The second-order valence-corrected chi connectivity index (χ2v) is 7.29. The van der Waals surface area contributed by atoms with E-state index in [2.05, 4.69) is 10.6 Å². The summed E-state index contributed by atoms with van der Waals surface area (Å²) in [5, 5.41) is 7.34. The molecule has 1 aromatic heterocycles. The van der Waals surface area contributed by atoms with E-state index in [0.717, 1.165) is 17.7 Å². The van der Waals surface area contributed by atoms with Crippen LogP contribution in [0, 0.1) is 0 Å². The first kappa shape index (κ1) is 21.0. The van der Waals surface area contributed by atoms with Crippen LogP contribution in [0.3, 0.4) is 0 Å². The van der Waals surface area contributed by atoms with Crippen LogP contribution in [0.15, 0.2) is 23.6 Å². The molecular formula is C18H23N3O4S2. The van der Waals surface area contributed by atoms with E-state index in [1.54, 1.807) is 11.0 Å². The Morgan fingerprint density at radius 2 is 2.33 bits per heavy atom. The first-order chi connectivity index (χ1) is 13.0. The van der Waals surface area contributed by atoms with Crippen molar-refractivity contribution >= 4 is 52.5 Å². The lowest BCUT2D eigenvalue weighted by molar-refractivity contribution is -0.147. The fraction of sp³-hybridized carbons (Fsp3) is 0.444. The standard InChI is InChI=1S/C18H23N3O4S2/c1-2-3-10-25-16(23)12-14-17(24)19-8-9-21(14)18(26)20-15(22)7-6-13-5-4-11-27-13/h4-7,11,14H,2-3,8-10,12H2,1H3,(H,19,24)(H,20,22,26). The molecule has 0 radical (unpaired) electrons. The molecule has 9 heteroatoms. The fourth-order valence-corrected chi connectivity index (χ4v) is 3.41. The first-order valence-corrected chi connectivity index (χ1v) is 10.1. The van der Waals surface area contributed by atoms with Gasteiger partial charge < -0.3 is 15.0 Å². The molecule has 1 unspecified atom stereocenters.